The summed E-state index contributed by atoms with van der Waals surface area (Å²) < 4.78 is 10.7. The minimum absolute atomic E-state index is 0.326. The fourth-order valence-corrected chi connectivity index (χ4v) is 1.65. The maximum atomic E-state index is 5.58. The van der Waals surface area contributed by atoms with E-state index in [9.17, 15) is 0 Å². The largest absolute Gasteiger partial charge is 0.481 e. The van der Waals surface area contributed by atoms with Crippen LogP contribution < -0.4 is 14.4 Å². The van der Waals surface area contributed by atoms with Crippen molar-refractivity contribution in [2.45, 2.75) is 0 Å². The van der Waals surface area contributed by atoms with Gasteiger partial charge in [0.05, 0.1) is 7.11 Å². The van der Waals surface area contributed by atoms with Gasteiger partial charge in [0.25, 0.3) is 5.17 Å². The third-order valence-corrected chi connectivity index (χ3v) is 2.84. The number of para-hydroxylation sites is 1. The molecular formula is C14H14N2O2S. The van der Waals surface area contributed by atoms with Crippen molar-refractivity contribution in [1.82, 2.24) is 4.98 Å². The van der Waals surface area contributed by atoms with Crippen LogP contribution in [0.25, 0.3) is 0 Å². The summed E-state index contributed by atoms with van der Waals surface area (Å²) >= 11 is 5.24. The van der Waals surface area contributed by atoms with E-state index < -0.39 is 0 Å². The highest BCUT2D eigenvalue weighted by Gasteiger charge is 2.11. The molecule has 0 unspecified atom stereocenters. The molecule has 19 heavy (non-hydrogen) atoms. The second-order valence-electron chi connectivity index (χ2n) is 3.78. The van der Waals surface area contributed by atoms with Crippen molar-refractivity contribution in [3.63, 3.8) is 0 Å². The summed E-state index contributed by atoms with van der Waals surface area (Å²) in [5.74, 6) is 1.90. The normalized spacial score (nSPS) is 9.79. The standard InChI is InChI=1S/C14H14N2O2S/c1-16(12-9-6-10-13(15-12)17-2)14(19)18-11-7-4-3-5-8-11/h3-10H,1-2H3. The van der Waals surface area contributed by atoms with Crippen LogP contribution in [0, 0.1) is 0 Å². The Balaban J connectivity index is 2.10. The van der Waals surface area contributed by atoms with Crippen LogP contribution >= 0.6 is 12.2 Å². The average Bonchev–Trinajstić information content (AvgIpc) is 2.47. The Morgan fingerprint density at radius 3 is 2.53 bits per heavy atom. The van der Waals surface area contributed by atoms with Crippen LogP contribution in [0.15, 0.2) is 48.5 Å². The number of methoxy groups -OCH3 is 1. The lowest BCUT2D eigenvalue weighted by Crippen LogP contribution is -2.29. The first-order chi connectivity index (χ1) is 9.20. The Labute approximate surface area is 117 Å². The maximum Gasteiger partial charge on any atom is 0.270 e. The van der Waals surface area contributed by atoms with Gasteiger partial charge >= 0.3 is 0 Å². The lowest BCUT2D eigenvalue weighted by atomic mass is 10.3. The number of pyridine rings is 1. The van der Waals surface area contributed by atoms with Gasteiger partial charge in [-0.05, 0) is 30.4 Å². The summed E-state index contributed by atoms with van der Waals surface area (Å²) in [6.07, 6.45) is 0. The number of rotatable bonds is 3. The number of benzene rings is 1. The van der Waals surface area contributed by atoms with Gasteiger partial charge in [0.2, 0.25) is 5.88 Å². The van der Waals surface area contributed by atoms with Gasteiger partial charge in [-0.15, -0.1) is 0 Å². The Hall–Kier alpha value is -2.14. The zero-order valence-corrected chi connectivity index (χ0v) is 11.6. The van der Waals surface area contributed by atoms with Crippen LogP contribution in [0.2, 0.25) is 0 Å². The number of ether oxygens (including phenoxy) is 2. The first kappa shape index (κ1) is 13.3. The van der Waals surface area contributed by atoms with Crippen molar-refractivity contribution in [2.24, 2.45) is 0 Å². The molecule has 98 valence electrons. The number of aromatic nitrogens is 1. The molecule has 1 aromatic carbocycles. The van der Waals surface area contributed by atoms with E-state index in [1.165, 1.54) is 0 Å². The fraction of sp³-hybridized carbons (Fsp3) is 0.143. The predicted octanol–water partition coefficient (Wildman–Crippen LogP) is 2.89. The van der Waals surface area contributed by atoms with Gasteiger partial charge in [0.15, 0.2) is 0 Å². The highest BCUT2D eigenvalue weighted by atomic mass is 32.1. The number of hydrogen-bond acceptors (Lipinski definition) is 4. The fourth-order valence-electron chi connectivity index (χ4n) is 1.46. The van der Waals surface area contributed by atoms with Crippen LogP contribution in [-0.2, 0) is 0 Å². The number of thiocarbonyl (C=S) groups is 1. The van der Waals surface area contributed by atoms with E-state index >= 15 is 0 Å². The molecular weight excluding hydrogens is 260 g/mol. The number of anilines is 1. The topological polar surface area (TPSA) is 34.6 Å². The second kappa shape index (κ2) is 6.15. The number of hydrogen-bond donors (Lipinski definition) is 0. The molecule has 0 bridgehead atoms. The molecule has 0 saturated heterocycles. The van der Waals surface area contributed by atoms with Gasteiger partial charge < -0.3 is 9.47 Å². The molecule has 0 saturated carbocycles. The highest BCUT2D eigenvalue weighted by Crippen LogP contribution is 2.17. The first-order valence-electron chi connectivity index (χ1n) is 5.72. The molecule has 0 aliphatic heterocycles. The third-order valence-electron chi connectivity index (χ3n) is 2.48. The van der Waals surface area contributed by atoms with Gasteiger partial charge in [-0.25, -0.2) is 0 Å². The lowest BCUT2D eigenvalue weighted by molar-refractivity contribution is 0.398. The van der Waals surface area contributed by atoms with Gasteiger partial charge in [-0.1, -0.05) is 24.3 Å². The van der Waals surface area contributed by atoms with Crippen LogP contribution in [0.3, 0.4) is 0 Å². The van der Waals surface area contributed by atoms with Crippen LogP contribution in [0.1, 0.15) is 0 Å². The molecule has 0 aliphatic carbocycles. The Morgan fingerprint density at radius 2 is 1.84 bits per heavy atom. The van der Waals surface area contributed by atoms with Gasteiger partial charge in [-0.2, -0.15) is 4.98 Å². The molecule has 0 aliphatic rings. The molecule has 5 heteroatoms. The van der Waals surface area contributed by atoms with Crippen molar-refractivity contribution < 1.29 is 9.47 Å². The molecule has 0 amide bonds. The SMILES string of the molecule is COc1cccc(N(C)C(=S)Oc2ccccc2)n1. The summed E-state index contributed by atoms with van der Waals surface area (Å²) in [5, 5.41) is 0.326. The monoisotopic (exact) mass is 274 g/mol. The molecule has 0 atom stereocenters. The molecule has 4 nitrogen and oxygen atoms in total. The van der Waals surface area contributed by atoms with Crippen LogP contribution in [0.5, 0.6) is 11.6 Å². The molecule has 0 fully saturated rings. The Morgan fingerprint density at radius 1 is 1.11 bits per heavy atom. The maximum absolute atomic E-state index is 5.58. The van der Waals surface area contributed by atoms with Gasteiger partial charge in [0.1, 0.15) is 11.6 Å². The van der Waals surface area contributed by atoms with Crippen molar-refractivity contribution in [3.05, 3.63) is 48.5 Å². The summed E-state index contributed by atoms with van der Waals surface area (Å²) in [6.45, 7) is 0. The van der Waals surface area contributed by atoms with Gasteiger partial charge in [-0.3, -0.25) is 4.90 Å². The average molecular weight is 274 g/mol. The molecule has 2 rings (SSSR count). The first-order valence-corrected chi connectivity index (χ1v) is 6.13. The molecule has 0 radical (unpaired) electrons. The van der Waals surface area contributed by atoms with Crippen molar-refractivity contribution in [3.8, 4) is 11.6 Å². The van der Waals surface area contributed by atoms with E-state index in [1.54, 1.807) is 25.1 Å². The van der Waals surface area contributed by atoms with E-state index in [4.69, 9.17) is 21.7 Å². The third kappa shape index (κ3) is 3.42. The molecule has 2 aromatic rings. The summed E-state index contributed by atoms with van der Waals surface area (Å²) in [7, 11) is 3.37. The van der Waals surface area contributed by atoms with Crippen molar-refractivity contribution >= 4 is 23.2 Å². The highest BCUT2D eigenvalue weighted by molar-refractivity contribution is 7.80. The second-order valence-corrected chi connectivity index (χ2v) is 4.13. The Bertz CT molecular complexity index is 560. The minimum Gasteiger partial charge on any atom is -0.481 e. The summed E-state index contributed by atoms with van der Waals surface area (Å²) in [6, 6.07) is 14.9. The summed E-state index contributed by atoms with van der Waals surface area (Å²) in [5.41, 5.74) is 0. The summed E-state index contributed by atoms with van der Waals surface area (Å²) in [4.78, 5) is 5.98. The van der Waals surface area contributed by atoms with E-state index in [2.05, 4.69) is 4.98 Å². The zero-order valence-electron chi connectivity index (χ0n) is 10.7. The Kier molecular flexibility index (Phi) is 4.30. The minimum atomic E-state index is 0.326. The lowest BCUT2D eigenvalue weighted by Gasteiger charge is -2.19. The zero-order chi connectivity index (χ0) is 13.7. The van der Waals surface area contributed by atoms with Gasteiger partial charge in [0, 0.05) is 13.1 Å². The van der Waals surface area contributed by atoms with E-state index in [0.717, 1.165) is 0 Å². The van der Waals surface area contributed by atoms with E-state index in [-0.39, 0.29) is 0 Å². The van der Waals surface area contributed by atoms with Crippen molar-refractivity contribution in [1.29, 1.82) is 0 Å². The predicted molar refractivity (Wildman–Crippen MR) is 78.9 cm³/mol. The number of nitrogens with zero attached hydrogens (tertiary/aromatic N) is 2. The quantitative estimate of drug-likeness (QED) is 0.804. The smallest absolute Gasteiger partial charge is 0.270 e. The van der Waals surface area contributed by atoms with Crippen LogP contribution in [-0.4, -0.2) is 24.3 Å². The molecule has 1 heterocycles. The van der Waals surface area contributed by atoms with E-state index in [0.29, 0.717) is 22.6 Å². The molecule has 0 spiro atoms. The molecule has 0 N–H and O–H groups in total. The van der Waals surface area contributed by atoms with E-state index in [1.807, 2.05) is 42.5 Å². The molecule has 1 aromatic heterocycles. The van der Waals surface area contributed by atoms with Crippen LogP contribution in [0.4, 0.5) is 5.82 Å². The van der Waals surface area contributed by atoms with Crippen molar-refractivity contribution in [2.75, 3.05) is 19.1 Å².